The monoisotopic (exact) mass is 420 g/mol. The number of rotatable bonds is 6. The van der Waals surface area contributed by atoms with Crippen molar-refractivity contribution in [2.75, 3.05) is 5.75 Å². The van der Waals surface area contributed by atoms with Crippen LogP contribution in [0, 0.1) is 5.82 Å². The second kappa shape index (κ2) is 9.07. The number of amides is 2. The standard InChI is InChI=1S/C19H18ClFN4O2S/c1-2-9-25-16-8-5-13(20)10-15(16)22-19(25)28-11-17(26)23-24-18(27)12-3-6-14(21)7-4-12/h3-8,10H,2,9,11H2,1H3,(H,23,26)(H,24,27). The molecule has 0 unspecified atom stereocenters. The Bertz CT molecular complexity index is 1010. The summed E-state index contributed by atoms with van der Waals surface area (Å²) in [5.74, 6) is -1.27. The van der Waals surface area contributed by atoms with Gasteiger partial charge in [0.05, 0.1) is 16.8 Å². The van der Waals surface area contributed by atoms with Crippen LogP contribution in [0.25, 0.3) is 11.0 Å². The molecule has 0 fully saturated rings. The maximum absolute atomic E-state index is 12.9. The number of benzene rings is 2. The van der Waals surface area contributed by atoms with Gasteiger partial charge in [-0.1, -0.05) is 30.3 Å². The van der Waals surface area contributed by atoms with Crippen LogP contribution in [0.3, 0.4) is 0 Å². The maximum Gasteiger partial charge on any atom is 0.269 e. The third-order valence-electron chi connectivity index (χ3n) is 3.88. The molecular formula is C19H18ClFN4O2S. The average Bonchev–Trinajstić information content (AvgIpc) is 3.02. The first kappa shape index (κ1) is 20.2. The maximum atomic E-state index is 12.9. The van der Waals surface area contributed by atoms with Gasteiger partial charge in [0.15, 0.2) is 5.16 Å². The highest BCUT2D eigenvalue weighted by molar-refractivity contribution is 7.99. The highest BCUT2D eigenvalue weighted by atomic mass is 35.5. The summed E-state index contributed by atoms with van der Waals surface area (Å²) in [6.07, 6.45) is 0.918. The van der Waals surface area contributed by atoms with Crippen LogP contribution in [0.15, 0.2) is 47.6 Å². The number of aromatic nitrogens is 2. The number of halogens is 2. The Morgan fingerprint density at radius 2 is 1.93 bits per heavy atom. The van der Waals surface area contributed by atoms with E-state index in [1.54, 1.807) is 6.07 Å². The van der Waals surface area contributed by atoms with Crippen LogP contribution in [0.4, 0.5) is 4.39 Å². The van der Waals surface area contributed by atoms with Crippen LogP contribution in [0.2, 0.25) is 5.02 Å². The normalized spacial score (nSPS) is 10.8. The van der Waals surface area contributed by atoms with Gasteiger partial charge < -0.3 is 4.57 Å². The summed E-state index contributed by atoms with van der Waals surface area (Å²) in [5, 5.41) is 1.31. The number of thioether (sulfide) groups is 1. The van der Waals surface area contributed by atoms with Gasteiger partial charge in [-0.15, -0.1) is 0 Å². The minimum absolute atomic E-state index is 0.0739. The summed E-state index contributed by atoms with van der Waals surface area (Å²) < 4.78 is 14.9. The van der Waals surface area contributed by atoms with Gasteiger partial charge in [0.2, 0.25) is 5.91 Å². The number of hydrogen-bond acceptors (Lipinski definition) is 4. The van der Waals surface area contributed by atoms with Gasteiger partial charge in [-0.2, -0.15) is 0 Å². The molecule has 0 bridgehead atoms. The minimum Gasteiger partial charge on any atom is -0.319 e. The van der Waals surface area contributed by atoms with E-state index in [1.807, 2.05) is 16.7 Å². The molecule has 1 heterocycles. The smallest absolute Gasteiger partial charge is 0.269 e. The van der Waals surface area contributed by atoms with E-state index in [0.717, 1.165) is 24.0 Å². The lowest BCUT2D eigenvalue weighted by Gasteiger charge is -2.09. The van der Waals surface area contributed by atoms with Crippen molar-refractivity contribution in [3.63, 3.8) is 0 Å². The number of nitrogens with zero attached hydrogens (tertiary/aromatic N) is 2. The molecule has 2 N–H and O–H groups in total. The van der Waals surface area contributed by atoms with Gasteiger partial charge in [0.25, 0.3) is 5.91 Å². The number of carbonyl (C=O) groups is 2. The number of hydrazine groups is 1. The molecule has 0 aliphatic heterocycles. The summed E-state index contributed by atoms with van der Waals surface area (Å²) in [5.41, 5.74) is 6.63. The van der Waals surface area contributed by atoms with Gasteiger partial charge in [-0.3, -0.25) is 20.4 Å². The third-order valence-corrected chi connectivity index (χ3v) is 5.09. The molecular weight excluding hydrogens is 403 g/mol. The lowest BCUT2D eigenvalue weighted by atomic mass is 10.2. The van der Waals surface area contributed by atoms with Gasteiger partial charge >= 0.3 is 0 Å². The molecule has 2 amide bonds. The number of hydrogen-bond donors (Lipinski definition) is 2. The molecule has 0 spiro atoms. The highest BCUT2D eigenvalue weighted by Gasteiger charge is 2.14. The Labute approximate surface area is 170 Å². The molecule has 9 heteroatoms. The number of aryl methyl sites for hydroxylation is 1. The Balaban J connectivity index is 1.60. The van der Waals surface area contributed by atoms with E-state index in [1.165, 1.54) is 36.0 Å². The SMILES string of the molecule is CCCn1c(SCC(=O)NNC(=O)c2ccc(F)cc2)nc2cc(Cl)ccc21. The molecule has 0 radical (unpaired) electrons. The third kappa shape index (κ3) is 4.82. The Hall–Kier alpha value is -2.58. The molecule has 2 aromatic carbocycles. The van der Waals surface area contributed by atoms with Crippen LogP contribution in [-0.4, -0.2) is 27.1 Å². The van der Waals surface area contributed by atoms with Crippen molar-refractivity contribution >= 4 is 46.2 Å². The van der Waals surface area contributed by atoms with Gasteiger partial charge in [-0.05, 0) is 48.9 Å². The largest absolute Gasteiger partial charge is 0.319 e. The molecule has 0 atom stereocenters. The van der Waals surface area contributed by atoms with Crippen molar-refractivity contribution in [3.8, 4) is 0 Å². The molecule has 0 aliphatic carbocycles. The predicted molar refractivity (Wildman–Crippen MR) is 108 cm³/mol. The summed E-state index contributed by atoms with van der Waals surface area (Å²) in [6, 6.07) is 10.5. The molecule has 0 saturated heterocycles. The fourth-order valence-electron chi connectivity index (χ4n) is 2.60. The molecule has 28 heavy (non-hydrogen) atoms. The van der Waals surface area contributed by atoms with Crippen LogP contribution in [0.5, 0.6) is 0 Å². The van der Waals surface area contributed by atoms with Crippen molar-refractivity contribution in [2.24, 2.45) is 0 Å². The van der Waals surface area contributed by atoms with Crippen molar-refractivity contribution < 1.29 is 14.0 Å². The van der Waals surface area contributed by atoms with Gasteiger partial charge in [0.1, 0.15) is 5.82 Å². The molecule has 3 rings (SSSR count). The highest BCUT2D eigenvalue weighted by Crippen LogP contribution is 2.26. The van der Waals surface area contributed by atoms with Crippen LogP contribution >= 0.6 is 23.4 Å². The van der Waals surface area contributed by atoms with E-state index < -0.39 is 11.7 Å². The van der Waals surface area contributed by atoms with Crippen molar-refractivity contribution in [1.82, 2.24) is 20.4 Å². The fraction of sp³-hybridized carbons (Fsp3) is 0.211. The summed E-state index contributed by atoms with van der Waals surface area (Å²) in [7, 11) is 0. The summed E-state index contributed by atoms with van der Waals surface area (Å²) in [4.78, 5) is 28.6. The topological polar surface area (TPSA) is 76.0 Å². The van der Waals surface area contributed by atoms with E-state index >= 15 is 0 Å². The van der Waals surface area contributed by atoms with Crippen molar-refractivity contribution in [2.45, 2.75) is 25.0 Å². The number of fused-ring (bicyclic) bond motifs is 1. The van der Waals surface area contributed by atoms with E-state index in [0.29, 0.717) is 10.2 Å². The van der Waals surface area contributed by atoms with Crippen molar-refractivity contribution in [3.05, 3.63) is 58.9 Å². The van der Waals surface area contributed by atoms with E-state index in [4.69, 9.17) is 11.6 Å². The first-order valence-electron chi connectivity index (χ1n) is 8.61. The fourth-order valence-corrected chi connectivity index (χ4v) is 3.60. The van der Waals surface area contributed by atoms with Crippen molar-refractivity contribution in [1.29, 1.82) is 0 Å². The van der Waals surface area contributed by atoms with E-state index in [-0.39, 0.29) is 17.2 Å². The van der Waals surface area contributed by atoms with Crippen LogP contribution in [-0.2, 0) is 11.3 Å². The summed E-state index contributed by atoms with van der Waals surface area (Å²) in [6.45, 7) is 2.83. The lowest BCUT2D eigenvalue weighted by Crippen LogP contribution is -2.42. The first-order chi connectivity index (χ1) is 13.5. The lowest BCUT2D eigenvalue weighted by molar-refractivity contribution is -0.119. The first-order valence-corrected chi connectivity index (χ1v) is 9.97. The van der Waals surface area contributed by atoms with E-state index in [9.17, 15) is 14.0 Å². The molecule has 146 valence electrons. The molecule has 6 nitrogen and oxygen atoms in total. The molecule has 0 aliphatic rings. The van der Waals surface area contributed by atoms with Gasteiger partial charge in [-0.25, -0.2) is 9.37 Å². The molecule has 3 aromatic rings. The zero-order chi connectivity index (χ0) is 20.1. The zero-order valence-corrected chi connectivity index (χ0v) is 16.6. The Morgan fingerprint density at radius 3 is 2.64 bits per heavy atom. The zero-order valence-electron chi connectivity index (χ0n) is 15.0. The quantitative estimate of drug-likeness (QED) is 0.470. The molecule has 0 saturated carbocycles. The molecule has 1 aromatic heterocycles. The Morgan fingerprint density at radius 1 is 1.18 bits per heavy atom. The van der Waals surface area contributed by atoms with Gasteiger partial charge in [0, 0.05) is 17.1 Å². The van der Waals surface area contributed by atoms with Crippen LogP contribution < -0.4 is 10.9 Å². The average molecular weight is 421 g/mol. The predicted octanol–water partition coefficient (Wildman–Crippen LogP) is 3.79. The second-order valence-electron chi connectivity index (χ2n) is 5.98. The number of carbonyl (C=O) groups excluding carboxylic acids is 2. The van der Waals surface area contributed by atoms with E-state index in [2.05, 4.69) is 22.8 Å². The Kier molecular flexibility index (Phi) is 6.53. The second-order valence-corrected chi connectivity index (χ2v) is 7.36. The minimum atomic E-state index is -0.522. The number of nitrogens with one attached hydrogen (secondary N) is 2. The summed E-state index contributed by atoms with van der Waals surface area (Å²) >= 11 is 7.31. The van der Waals surface area contributed by atoms with Crippen LogP contribution in [0.1, 0.15) is 23.7 Å². The number of imidazole rings is 1.